The number of nitrogens with one attached hydrogen (secondary N) is 1. The summed E-state index contributed by atoms with van der Waals surface area (Å²) < 4.78 is 46.6. The zero-order chi connectivity index (χ0) is 23.8. The first kappa shape index (κ1) is 22.9. The molecule has 3 aromatic rings. The van der Waals surface area contributed by atoms with Gasteiger partial charge in [0.2, 0.25) is 10.0 Å². The highest BCUT2D eigenvalue weighted by Crippen LogP contribution is 2.31. The third-order valence-corrected chi connectivity index (χ3v) is 7.48. The summed E-state index contributed by atoms with van der Waals surface area (Å²) in [6.07, 6.45) is 3.36. The summed E-state index contributed by atoms with van der Waals surface area (Å²) in [6, 6.07) is 10.2. The Balaban J connectivity index is 1.73. The summed E-state index contributed by atoms with van der Waals surface area (Å²) in [4.78, 5) is 13.3. The van der Waals surface area contributed by atoms with Crippen LogP contribution in [-0.2, 0) is 22.9 Å². The van der Waals surface area contributed by atoms with Crippen molar-refractivity contribution in [1.29, 1.82) is 0 Å². The van der Waals surface area contributed by atoms with Gasteiger partial charge < -0.3 is 10.1 Å². The number of methoxy groups -OCH3 is 1. The molecule has 1 N–H and O–H groups in total. The van der Waals surface area contributed by atoms with Crippen LogP contribution in [0, 0.1) is 5.82 Å². The molecule has 0 saturated carbocycles. The lowest BCUT2D eigenvalue weighted by Gasteiger charge is -2.16. The van der Waals surface area contributed by atoms with Crippen LogP contribution in [0.1, 0.15) is 34.6 Å². The third kappa shape index (κ3) is 4.36. The van der Waals surface area contributed by atoms with Gasteiger partial charge in [-0.05, 0) is 68.1 Å². The first-order valence-electron chi connectivity index (χ1n) is 10.5. The van der Waals surface area contributed by atoms with Crippen LogP contribution in [0.3, 0.4) is 0 Å². The molecule has 1 aromatic heterocycles. The van der Waals surface area contributed by atoms with Crippen molar-refractivity contribution in [2.75, 3.05) is 26.5 Å². The molecular formula is C23H25FN4O4S. The first-order valence-corrected chi connectivity index (χ1v) is 11.9. The molecule has 8 nitrogen and oxygen atoms in total. The number of halogens is 1. The van der Waals surface area contributed by atoms with Crippen molar-refractivity contribution in [3.63, 3.8) is 0 Å². The Morgan fingerprint density at radius 3 is 2.48 bits per heavy atom. The van der Waals surface area contributed by atoms with Crippen molar-refractivity contribution in [3.05, 3.63) is 65.2 Å². The van der Waals surface area contributed by atoms with Gasteiger partial charge in [-0.2, -0.15) is 5.10 Å². The van der Waals surface area contributed by atoms with Crippen molar-refractivity contribution < 1.29 is 22.3 Å². The zero-order valence-electron chi connectivity index (χ0n) is 18.6. The van der Waals surface area contributed by atoms with Gasteiger partial charge in [0.05, 0.1) is 23.4 Å². The van der Waals surface area contributed by atoms with Gasteiger partial charge in [-0.3, -0.25) is 4.79 Å². The Bertz CT molecular complexity index is 1300. The van der Waals surface area contributed by atoms with Crippen LogP contribution in [0.25, 0.3) is 5.69 Å². The monoisotopic (exact) mass is 472 g/mol. The van der Waals surface area contributed by atoms with Crippen LogP contribution in [-0.4, -0.2) is 49.6 Å². The Labute approximate surface area is 192 Å². The lowest BCUT2D eigenvalue weighted by molar-refractivity contribution is 0.102. The van der Waals surface area contributed by atoms with Crippen LogP contribution < -0.4 is 10.1 Å². The Morgan fingerprint density at radius 1 is 1.12 bits per heavy atom. The fraction of sp³-hybridized carbons (Fsp3) is 0.304. The van der Waals surface area contributed by atoms with E-state index in [9.17, 15) is 17.6 Å². The summed E-state index contributed by atoms with van der Waals surface area (Å²) in [6.45, 7) is 0. The minimum Gasteiger partial charge on any atom is -0.495 e. The molecule has 0 saturated heterocycles. The van der Waals surface area contributed by atoms with Crippen molar-refractivity contribution >= 4 is 21.6 Å². The van der Waals surface area contributed by atoms with Gasteiger partial charge >= 0.3 is 0 Å². The number of benzene rings is 2. The quantitative estimate of drug-likeness (QED) is 0.594. The number of hydrogen-bond acceptors (Lipinski definition) is 5. The lowest BCUT2D eigenvalue weighted by Crippen LogP contribution is -2.22. The molecule has 0 atom stereocenters. The van der Waals surface area contributed by atoms with Gasteiger partial charge in [0.25, 0.3) is 5.91 Å². The van der Waals surface area contributed by atoms with E-state index in [-0.39, 0.29) is 22.1 Å². The van der Waals surface area contributed by atoms with E-state index in [0.29, 0.717) is 17.9 Å². The van der Waals surface area contributed by atoms with E-state index in [1.54, 1.807) is 16.8 Å². The number of aromatic nitrogens is 2. The van der Waals surface area contributed by atoms with Crippen molar-refractivity contribution in [1.82, 2.24) is 14.1 Å². The maximum atomic E-state index is 13.4. The summed E-state index contributed by atoms with van der Waals surface area (Å²) in [5, 5.41) is 7.33. The van der Waals surface area contributed by atoms with E-state index in [1.165, 1.54) is 51.5 Å². The SMILES string of the molecule is COc1ccc(S(=O)(=O)N(C)C)cc1NC(=O)c1nn(-c2ccc(F)cc2)c2c1CCCC2. The Morgan fingerprint density at radius 2 is 1.82 bits per heavy atom. The molecule has 10 heteroatoms. The molecule has 0 radical (unpaired) electrons. The molecule has 0 unspecified atom stereocenters. The minimum absolute atomic E-state index is 0.0301. The maximum Gasteiger partial charge on any atom is 0.276 e. The van der Waals surface area contributed by atoms with Gasteiger partial charge in [-0.15, -0.1) is 0 Å². The van der Waals surface area contributed by atoms with Crippen LogP contribution in [0.15, 0.2) is 47.4 Å². The zero-order valence-corrected chi connectivity index (χ0v) is 19.4. The number of rotatable bonds is 6. The summed E-state index contributed by atoms with van der Waals surface area (Å²) in [7, 11) is 0.616. The van der Waals surface area contributed by atoms with E-state index in [4.69, 9.17) is 4.74 Å². The van der Waals surface area contributed by atoms with Crippen molar-refractivity contribution in [3.8, 4) is 11.4 Å². The lowest BCUT2D eigenvalue weighted by atomic mass is 9.95. The highest BCUT2D eigenvalue weighted by atomic mass is 32.2. The molecule has 1 aliphatic carbocycles. The van der Waals surface area contributed by atoms with Gasteiger partial charge in [0, 0.05) is 25.4 Å². The molecular weight excluding hydrogens is 447 g/mol. The second kappa shape index (κ2) is 8.95. The normalized spacial score (nSPS) is 13.6. The first-order chi connectivity index (χ1) is 15.7. The summed E-state index contributed by atoms with van der Waals surface area (Å²) in [5.41, 5.74) is 2.93. The number of sulfonamides is 1. The third-order valence-electron chi connectivity index (χ3n) is 5.66. The van der Waals surface area contributed by atoms with Crippen LogP contribution in [0.5, 0.6) is 5.75 Å². The van der Waals surface area contributed by atoms with Crippen LogP contribution in [0.4, 0.5) is 10.1 Å². The van der Waals surface area contributed by atoms with Gasteiger partial charge in [-0.1, -0.05) is 0 Å². The second-order valence-electron chi connectivity index (χ2n) is 7.97. The maximum absolute atomic E-state index is 13.4. The number of nitrogens with zero attached hydrogens (tertiary/aromatic N) is 3. The fourth-order valence-electron chi connectivity index (χ4n) is 3.91. The fourth-order valence-corrected chi connectivity index (χ4v) is 4.84. The van der Waals surface area contributed by atoms with E-state index in [1.807, 2.05) is 0 Å². The van der Waals surface area contributed by atoms with Gasteiger partial charge in [-0.25, -0.2) is 21.8 Å². The number of anilines is 1. The van der Waals surface area contributed by atoms with E-state index in [2.05, 4.69) is 10.4 Å². The molecule has 0 aliphatic heterocycles. The Kier molecular flexibility index (Phi) is 6.22. The molecule has 0 bridgehead atoms. The van der Waals surface area contributed by atoms with Crippen molar-refractivity contribution in [2.24, 2.45) is 0 Å². The summed E-state index contributed by atoms with van der Waals surface area (Å²) in [5.74, 6) is -0.489. The molecule has 0 fully saturated rings. The van der Waals surface area contributed by atoms with E-state index < -0.39 is 15.9 Å². The van der Waals surface area contributed by atoms with Gasteiger partial charge in [0.15, 0.2) is 5.69 Å². The molecule has 1 amide bonds. The van der Waals surface area contributed by atoms with Crippen LogP contribution in [0.2, 0.25) is 0 Å². The number of ether oxygens (including phenoxy) is 1. The van der Waals surface area contributed by atoms with Gasteiger partial charge in [0.1, 0.15) is 11.6 Å². The van der Waals surface area contributed by atoms with Crippen molar-refractivity contribution in [2.45, 2.75) is 30.6 Å². The molecule has 2 aromatic carbocycles. The molecule has 33 heavy (non-hydrogen) atoms. The second-order valence-corrected chi connectivity index (χ2v) is 10.1. The number of carbonyl (C=O) groups excluding carboxylic acids is 1. The predicted octanol–water partition coefficient (Wildman–Crippen LogP) is 3.40. The molecule has 4 rings (SSSR count). The highest BCUT2D eigenvalue weighted by molar-refractivity contribution is 7.89. The summed E-state index contributed by atoms with van der Waals surface area (Å²) >= 11 is 0. The predicted molar refractivity (Wildman–Crippen MR) is 122 cm³/mol. The topological polar surface area (TPSA) is 93.5 Å². The minimum atomic E-state index is -3.70. The largest absolute Gasteiger partial charge is 0.495 e. The van der Waals surface area contributed by atoms with E-state index in [0.717, 1.165) is 34.8 Å². The number of fused-ring (bicyclic) bond motifs is 1. The number of carbonyl (C=O) groups is 1. The number of amides is 1. The molecule has 1 aliphatic rings. The van der Waals surface area contributed by atoms with Crippen LogP contribution >= 0.6 is 0 Å². The average Bonchev–Trinajstić information content (AvgIpc) is 3.19. The van der Waals surface area contributed by atoms with E-state index >= 15 is 0 Å². The molecule has 174 valence electrons. The number of hydrogen-bond donors (Lipinski definition) is 1. The Hall–Kier alpha value is -3.24. The highest BCUT2D eigenvalue weighted by Gasteiger charge is 2.27. The average molecular weight is 473 g/mol. The molecule has 1 heterocycles. The smallest absolute Gasteiger partial charge is 0.276 e. The standard InChI is InChI=1S/C23H25FN4O4S/c1-27(2)33(30,31)17-12-13-21(32-3)19(14-17)25-23(29)22-18-6-4-5-7-20(18)28(26-22)16-10-8-15(24)9-11-16/h8-14H,4-7H2,1-3H3,(H,25,29). The molecule has 0 spiro atoms.